The fraction of sp³-hybridized carbons (Fsp3) is 0.425. The van der Waals surface area contributed by atoms with E-state index in [0.29, 0.717) is 17.7 Å². The minimum absolute atomic E-state index is 0.0252. The molecule has 0 spiro atoms. The summed E-state index contributed by atoms with van der Waals surface area (Å²) in [5.41, 5.74) is 23.6. The highest BCUT2D eigenvalue weighted by Crippen LogP contribution is 2.32. The van der Waals surface area contributed by atoms with Gasteiger partial charge in [0.15, 0.2) is 0 Å². The van der Waals surface area contributed by atoms with E-state index in [2.05, 4.69) is 36.6 Å². The van der Waals surface area contributed by atoms with Gasteiger partial charge in [0.2, 0.25) is 47.3 Å². The van der Waals surface area contributed by atoms with Gasteiger partial charge in [-0.3, -0.25) is 38.4 Å². The smallest absolute Gasteiger partial charge is 0.246 e. The predicted octanol–water partition coefficient (Wildman–Crippen LogP) is -3.56. The van der Waals surface area contributed by atoms with Crippen LogP contribution in [0.3, 0.4) is 0 Å². The van der Waals surface area contributed by atoms with E-state index in [0.717, 1.165) is 16.8 Å². The van der Waals surface area contributed by atoms with Crippen LogP contribution in [-0.2, 0) is 44.8 Å². The van der Waals surface area contributed by atoms with Crippen molar-refractivity contribution in [3.63, 3.8) is 0 Å². The highest BCUT2D eigenvalue weighted by atomic mass is 16.3. The van der Waals surface area contributed by atoms with E-state index in [1.165, 1.54) is 9.58 Å². The number of nitrogens with zero attached hydrogens (tertiary/aromatic N) is 4. The van der Waals surface area contributed by atoms with Crippen molar-refractivity contribution in [2.45, 2.75) is 88.2 Å². The van der Waals surface area contributed by atoms with E-state index < -0.39 is 115 Å². The summed E-state index contributed by atoms with van der Waals surface area (Å²) in [5, 5.41) is 29.2. The summed E-state index contributed by atoms with van der Waals surface area (Å²) >= 11 is 0. The van der Waals surface area contributed by atoms with Gasteiger partial charge in [-0.1, -0.05) is 43.7 Å². The summed E-state index contributed by atoms with van der Waals surface area (Å²) in [4.78, 5) is 110. The number of carbonyl (C=O) groups is 8. The van der Waals surface area contributed by atoms with Crippen LogP contribution in [0, 0.1) is 37.5 Å². The van der Waals surface area contributed by atoms with Gasteiger partial charge >= 0.3 is 0 Å². The lowest BCUT2D eigenvalue weighted by Gasteiger charge is -2.33. The topological polar surface area (TPSA) is 359 Å². The number of aliphatic hydroxyl groups is 1. The molecule has 3 heterocycles. The molecule has 1 saturated carbocycles. The third kappa shape index (κ3) is 11.5. The van der Waals surface area contributed by atoms with Crippen molar-refractivity contribution in [3.05, 3.63) is 79.5 Å². The van der Waals surface area contributed by atoms with Crippen molar-refractivity contribution >= 4 is 58.2 Å². The Balaban J connectivity index is 1.47. The number of aliphatic hydroxyl groups excluding tert-OH is 1. The van der Waals surface area contributed by atoms with E-state index >= 15 is 0 Å². The molecule has 14 N–H and O–H groups in total. The highest BCUT2D eigenvalue weighted by Gasteiger charge is 2.45. The molecule has 8 atom stereocenters. The van der Waals surface area contributed by atoms with Gasteiger partial charge in [0.05, 0.1) is 37.2 Å². The highest BCUT2D eigenvalue weighted by molar-refractivity contribution is 5.99. The van der Waals surface area contributed by atoms with Crippen LogP contribution in [0.25, 0.3) is 10.9 Å². The number of aromatic amines is 1. The molecule has 5 radical (unpaired) electrons. The van der Waals surface area contributed by atoms with Crippen molar-refractivity contribution < 1.29 is 43.5 Å². The first kappa shape index (κ1) is 46.6. The number of carbonyl (C=O) groups excluding carboxylic acids is 8. The molecule has 331 valence electrons. The number of amides is 8. The Morgan fingerprint density at radius 1 is 0.887 bits per heavy atom. The van der Waals surface area contributed by atoms with Crippen molar-refractivity contribution in [2.24, 2.45) is 28.9 Å². The van der Waals surface area contributed by atoms with Gasteiger partial charge in [0, 0.05) is 48.6 Å². The molecule has 2 fully saturated rings. The molecule has 1 saturated heterocycles. The molecule has 2 aliphatic rings. The molecule has 2 aromatic heterocycles. The Morgan fingerprint density at radius 3 is 2.19 bits per heavy atom. The predicted molar refractivity (Wildman–Crippen MR) is 220 cm³/mol. The molecular weight excluding hydrogens is 807 g/mol. The number of primary amides is 3. The van der Waals surface area contributed by atoms with Crippen LogP contribution in [-0.4, -0.2) is 127 Å². The first-order valence-electron chi connectivity index (χ1n) is 19.9. The lowest BCUT2D eigenvalue weighted by molar-refractivity contribution is -0.143. The summed E-state index contributed by atoms with van der Waals surface area (Å²) in [5.74, 6) is -6.94. The SMILES string of the molecule is CC[C@H](C)[C@H](NC(=O)[C@H](CC(N)=O)NC(=O)[C@@H](N)CC(N)=O)C(=O)N1C[C@@H](n2cc([C]3[CH][CH][CH][CH]3)nn2)C[C@H]1C(=O)N[C@@H](Cc1c[nH]c2ccccc12)C(=O)N[C@@H](CO)C(N)=O. The molecule has 0 bridgehead atoms. The van der Waals surface area contributed by atoms with Gasteiger partial charge in [-0.05, 0) is 43.2 Å². The van der Waals surface area contributed by atoms with Crippen molar-refractivity contribution in [1.29, 1.82) is 0 Å². The number of hydrogen-bond donors (Lipinski definition) is 10. The average Bonchev–Trinajstić information content (AvgIpc) is 4.07. The largest absolute Gasteiger partial charge is 0.394 e. The second kappa shape index (κ2) is 20.9. The molecule has 8 amide bonds. The number of benzene rings is 1. The maximum atomic E-state index is 14.8. The van der Waals surface area contributed by atoms with Crippen LogP contribution in [0.1, 0.15) is 56.8 Å². The van der Waals surface area contributed by atoms with Crippen LogP contribution >= 0.6 is 0 Å². The van der Waals surface area contributed by atoms with E-state index in [1.54, 1.807) is 32.3 Å². The molecule has 22 heteroatoms. The van der Waals surface area contributed by atoms with Gasteiger partial charge in [-0.2, -0.15) is 0 Å². The fourth-order valence-electron chi connectivity index (χ4n) is 7.22. The van der Waals surface area contributed by atoms with Gasteiger partial charge in [0.25, 0.3) is 0 Å². The summed E-state index contributed by atoms with van der Waals surface area (Å²) in [6.45, 7) is 2.52. The summed E-state index contributed by atoms with van der Waals surface area (Å²) < 4.78 is 1.52. The minimum atomic E-state index is -1.61. The normalized spacial score (nSPS) is 19.5. The van der Waals surface area contributed by atoms with Crippen LogP contribution in [0.4, 0.5) is 0 Å². The molecule has 0 unspecified atom stereocenters. The minimum Gasteiger partial charge on any atom is -0.394 e. The number of fused-ring (bicyclic) bond motifs is 1. The number of H-pyrrole nitrogens is 1. The van der Waals surface area contributed by atoms with Crippen LogP contribution in [0.5, 0.6) is 0 Å². The number of rotatable bonds is 21. The molecule has 1 aliphatic heterocycles. The van der Waals surface area contributed by atoms with Crippen molar-refractivity contribution in [1.82, 2.24) is 46.1 Å². The van der Waals surface area contributed by atoms with E-state index in [-0.39, 0.29) is 19.4 Å². The third-order valence-corrected chi connectivity index (χ3v) is 10.9. The van der Waals surface area contributed by atoms with Gasteiger partial charge in [-0.15, -0.1) is 5.10 Å². The number of likely N-dealkylation sites (tertiary alicyclic amines) is 1. The van der Waals surface area contributed by atoms with E-state index in [9.17, 15) is 43.5 Å². The zero-order chi connectivity index (χ0) is 45.2. The Labute approximate surface area is 357 Å². The second-order valence-electron chi connectivity index (χ2n) is 15.3. The maximum absolute atomic E-state index is 14.8. The van der Waals surface area contributed by atoms with Crippen LogP contribution in [0.2, 0.25) is 0 Å². The summed E-state index contributed by atoms with van der Waals surface area (Å²) in [6, 6.07) is -1.88. The molecule has 3 aromatic rings. The first-order chi connectivity index (χ1) is 29.5. The second-order valence-corrected chi connectivity index (χ2v) is 15.3. The lowest BCUT2D eigenvalue weighted by atomic mass is 9.96. The summed E-state index contributed by atoms with van der Waals surface area (Å²) in [6.07, 6.45) is 9.66. The zero-order valence-corrected chi connectivity index (χ0v) is 34.2. The number of nitrogens with two attached hydrogens (primary N) is 4. The summed E-state index contributed by atoms with van der Waals surface area (Å²) in [7, 11) is 0. The van der Waals surface area contributed by atoms with Crippen molar-refractivity contribution in [3.8, 4) is 0 Å². The first-order valence-corrected chi connectivity index (χ1v) is 19.9. The van der Waals surface area contributed by atoms with Crippen LogP contribution in [0.15, 0.2) is 36.7 Å². The number of para-hydroxylation sites is 1. The Morgan fingerprint density at radius 2 is 1.55 bits per heavy atom. The van der Waals surface area contributed by atoms with Crippen LogP contribution < -0.4 is 44.2 Å². The number of aromatic nitrogens is 4. The lowest BCUT2D eigenvalue weighted by Crippen LogP contribution is -2.61. The monoisotopic (exact) mass is 858 g/mol. The molecule has 1 aromatic carbocycles. The van der Waals surface area contributed by atoms with Crippen molar-refractivity contribution in [2.75, 3.05) is 13.2 Å². The maximum Gasteiger partial charge on any atom is 0.246 e. The average molecular weight is 859 g/mol. The Kier molecular flexibility index (Phi) is 15.7. The fourth-order valence-corrected chi connectivity index (χ4v) is 7.22. The van der Waals surface area contributed by atoms with E-state index in [4.69, 9.17) is 22.9 Å². The molecule has 1 aliphatic carbocycles. The molecule has 22 nitrogen and oxygen atoms in total. The van der Waals surface area contributed by atoms with Gasteiger partial charge in [-0.25, -0.2) is 4.68 Å². The standard InChI is InChI=1S/C40H52N13O9/c1-3-20(2)34(49-38(60)28(15-33(43)56)46-36(58)25(41)14-32(42)55)40(62)52-17-23(53-18-29(50-51-53)21-8-4-5-9-21)13-31(52)39(61)47-27(37(59)48-30(19-54)35(44)57)12-22-16-45-26-11-7-6-10-24(22)26/h4-11,16,18,20,23,25,27-28,30-31,34,45,54H,3,12-15,17,19,41H2,1-2H3,(H2,42,55)(H2,43,56)(H2,44,57)(H,46,58)(H,47,61)(H,48,59)(H,49,60)/t20-,23-,25-,27-,28-,30-,31-,34-/m0/s1. The van der Waals surface area contributed by atoms with E-state index in [1.807, 2.05) is 43.9 Å². The number of nitrogens with one attached hydrogen (secondary N) is 5. The quantitative estimate of drug-likeness (QED) is 0.0498. The molecule has 5 rings (SSSR count). The van der Waals surface area contributed by atoms with Gasteiger partial charge in [0.1, 0.15) is 30.2 Å². The zero-order valence-electron chi connectivity index (χ0n) is 34.2. The third-order valence-electron chi connectivity index (χ3n) is 10.9. The Bertz CT molecular complexity index is 2130. The molecular formula is C40H52N13O9. The Hall–Kier alpha value is -6.42. The number of hydrogen-bond acceptors (Lipinski definition) is 12. The molecule has 62 heavy (non-hydrogen) atoms. The van der Waals surface area contributed by atoms with Gasteiger partial charge < -0.3 is 59.2 Å².